The van der Waals surface area contributed by atoms with Crippen LogP contribution in [0.4, 0.5) is 5.82 Å². The van der Waals surface area contributed by atoms with E-state index in [1.807, 2.05) is 12.1 Å². The molecule has 0 spiro atoms. The number of anilines is 1. The second-order valence-electron chi connectivity index (χ2n) is 7.63. The summed E-state index contributed by atoms with van der Waals surface area (Å²) in [6.07, 6.45) is -1.24. The first-order valence-electron chi connectivity index (χ1n) is 10.6. The first kappa shape index (κ1) is 24.3. The monoisotopic (exact) mass is 506 g/mol. The number of fused-ring (bicyclic) bond motifs is 1. The molecule has 0 aliphatic carbocycles. The fraction of sp³-hybridized carbons (Fsp3) is 0.304. The van der Waals surface area contributed by atoms with E-state index in [-0.39, 0.29) is 50.4 Å². The van der Waals surface area contributed by atoms with Crippen LogP contribution in [-0.2, 0) is 11.3 Å². The van der Waals surface area contributed by atoms with Crippen LogP contribution < -0.4 is 9.64 Å². The maximum absolute atomic E-state index is 13.5. The first-order chi connectivity index (χ1) is 16.4. The predicted molar refractivity (Wildman–Crippen MR) is 128 cm³/mol. The van der Waals surface area contributed by atoms with Gasteiger partial charge >= 0.3 is 6.01 Å². The highest BCUT2D eigenvalue weighted by molar-refractivity contribution is 6.30. The molecule has 1 aliphatic heterocycles. The van der Waals surface area contributed by atoms with Crippen molar-refractivity contribution in [3.63, 3.8) is 0 Å². The molecule has 4 rings (SSSR count). The number of carbonyl (C=O) groups is 1. The summed E-state index contributed by atoms with van der Waals surface area (Å²) >= 11 is 12.1. The number of ether oxygens (including phenoxy) is 2. The number of amides is 1. The van der Waals surface area contributed by atoms with E-state index in [1.165, 1.54) is 9.80 Å². The van der Waals surface area contributed by atoms with Crippen molar-refractivity contribution in [3.05, 3.63) is 69.8 Å². The van der Waals surface area contributed by atoms with E-state index in [9.17, 15) is 9.90 Å². The van der Waals surface area contributed by atoms with Crippen LogP contribution in [0.1, 0.15) is 16.1 Å². The number of benzene rings is 2. The van der Waals surface area contributed by atoms with Gasteiger partial charge in [0.15, 0.2) is 11.5 Å². The molecular weight excluding hydrogens is 483 g/mol. The molecule has 1 unspecified atom stereocenters. The van der Waals surface area contributed by atoms with Gasteiger partial charge < -0.3 is 24.6 Å². The number of imidazole rings is 1. The Labute approximate surface area is 206 Å². The van der Waals surface area contributed by atoms with Crippen LogP contribution in [0, 0.1) is 0 Å². The fourth-order valence-corrected chi connectivity index (χ4v) is 3.92. The maximum atomic E-state index is 13.5. The van der Waals surface area contributed by atoms with Crippen molar-refractivity contribution in [3.8, 4) is 11.8 Å². The van der Waals surface area contributed by atoms with Crippen molar-refractivity contribution in [2.75, 3.05) is 38.3 Å². The van der Waals surface area contributed by atoms with Gasteiger partial charge in [-0.3, -0.25) is 14.3 Å². The number of aliphatic hydroxyl groups excluding tert-OH is 2. The molecule has 2 aromatic carbocycles. The standard InChI is InChI=1S/C23H24Cl2N4O5/c1-27-20-19(21(31)28(23(27)32)9-11-33-12-10-30)29(14-15-5-7-16(24)8-6-15)22(26-20)34-18-4-2-3-17(25)13-18/h2-8,13,23,30,32H,9-12,14H2,1H3. The normalized spacial score (nSPS) is 15.6. The minimum Gasteiger partial charge on any atom is -0.425 e. The van der Waals surface area contributed by atoms with Crippen molar-refractivity contribution in [1.29, 1.82) is 0 Å². The number of hydrogen-bond acceptors (Lipinski definition) is 7. The Morgan fingerprint density at radius 2 is 1.85 bits per heavy atom. The van der Waals surface area contributed by atoms with Gasteiger partial charge in [0.25, 0.3) is 5.91 Å². The van der Waals surface area contributed by atoms with Gasteiger partial charge in [0.05, 0.1) is 26.4 Å². The van der Waals surface area contributed by atoms with E-state index in [0.717, 1.165) is 5.56 Å². The number of halogens is 2. The Hall–Kier alpha value is -2.82. The number of nitrogens with zero attached hydrogens (tertiary/aromatic N) is 4. The first-order valence-corrected chi connectivity index (χ1v) is 11.3. The Morgan fingerprint density at radius 3 is 2.56 bits per heavy atom. The lowest BCUT2D eigenvalue weighted by molar-refractivity contribution is -0.0123. The SMILES string of the molecule is CN1c2nc(Oc3cccc(Cl)c3)n(Cc3ccc(Cl)cc3)c2C(=O)N(CCOCCO)C1O. The van der Waals surface area contributed by atoms with E-state index >= 15 is 0 Å². The smallest absolute Gasteiger partial charge is 0.304 e. The van der Waals surface area contributed by atoms with E-state index in [4.69, 9.17) is 37.8 Å². The molecule has 0 bridgehead atoms. The topological polar surface area (TPSA) is 100 Å². The second-order valence-corrected chi connectivity index (χ2v) is 8.50. The Morgan fingerprint density at radius 1 is 1.09 bits per heavy atom. The molecule has 1 aromatic heterocycles. The molecule has 180 valence electrons. The summed E-state index contributed by atoms with van der Waals surface area (Å²) in [6, 6.07) is 14.3. The maximum Gasteiger partial charge on any atom is 0.304 e. The van der Waals surface area contributed by atoms with Crippen LogP contribution >= 0.6 is 23.2 Å². The lowest BCUT2D eigenvalue weighted by atomic mass is 10.2. The average molecular weight is 507 g/mol. The lowest BCUT2D eigenvalue weighted by Crippen LogP contribution is -2.55. The molecule has 0 fully saturated rings. The largest absolute Gasteiger partial charge is 0.425 e. The molecule has 0 saturated carbocycles. The van der Waals surface area contributed by atoms with Crippen molar-refractivity contribution < 1.29 is 24.5 Å². The molecule has 9 nitrogen and oxygen atoms in total. The summed E-state index contributed by atoms with van der Waals surface area (Å²) in [5.74, 6) is 0.323. The van der Waals surface area contributed by atoms with Gasteiger partial charge in [-0.05, 0) is 35.9 Å². The predicted octanol–water partition coefficient (Wildman–Crippen LogP) is 3.21. The van der Waals surface area contributed by atoms with Gasteiger partial charge in [0.1, 0.15) is 5.75 Å². The van der Waals surface area contributed by atoms with Gasteiger partial charge in [0.2, 0.25) is 6.35 Å². The van der Waals surface area contributed by atoms with Crippen molar-refractivity contribution in [1.82, 2.24) is 14.5 Å². The van der Waals surface area contributed by atoms with Gasteiger partial charge in [-0.2, -0.15) is 4.98 Å². The molecule has 1 aliphatic rings. The molecular formula is C23H24Cl2N4O5. The van der Waals surface area contributed by atoms with Crippen molar-refractivity contribution in [2.24, 2.45) is 0 Å². The summed E-state index contributed by atoms with van der Waals surface area (Å²) in [5.41, 5.74) is 1.14. The number of aromatic nitrogens is 2. The minimum absolute atomic E-state index is 0.125. The third-order valence-electron chi connectivity index (χ3n) is 5.31. The quantitative estimate of drug-likeness (QED) is 0.429. The fourth-order valence-electron chi connectivity index (χ4n) is 3.62. The summed E-state index contributed by atoms with van der Waals surface area (Å²) < 4.78 is 13.0. The van der Waals surface area contributed by atoms with Crippen molar-refractivity contribution >= 4 is 34.9 Å². The zero-order valence-electron chi connectivity index (χ0n) is 18.4. The van der Waals surface area contributed by atoms with Gasteiger partial charge in [-0.1, -0.05) is 41.4 Å². The highest BCUT2D eigenvalue weighted by atomic mass is 35.5. The summed E-state index contributed by atoms with van der Waals surface area (Å²) in [5, 5.41) is 20.8. The van der Waals surface area contributed by atoms with Crippen LogP contribution in [0.15, 0.2) is 48.5 Å². The van der Waals surface area contributed by atoms with E-state index in [1.54, 1.807) is 48.0 Å². The Bertz CT molecular complexity index is 1150. The molecule has 0 saturated heterocycles. The van der Waals surface area contributed by atoms with E-state index < -0.39 is 12.3 Å². The molecule has 34 heavy (non-hydrogen) atoms. The van der Waals surface area contributed by atoms with Crippen molar-refractivity contribution in [2.45, 2.75) is 12.9 Å². The number of carbonyl (C=O) groups excluding carboxylic acids is 1. The molecule has 3 aromatic rings. The van der Waals surface area contributed by atoms with Crippen LogP contribution in [0.5, 0.6) is 11.8 Å². The van der Waals surface area contributed by atoms with E-state index in [0.29, 0.717) is 15.8 Å². The number of rotatable bonds is 9. The van der Waals surface area contributed by atoms with Crippen LogP contribution in [0.3, 0.4) is 0 Å². The highest BCUT2D eigenvalue weighted by Gasteiger charge is 2.40. The molecule has 1 amide bonds. The summed E-state index contributed by atoms with van der Waals surface area (Å²) in [4.78, 5) is 20.8. The van der Waals surface area contributed by atoms with E-state index in [2.05, 4.69) is 4.98 Å². The van der Waals surface area contributed by atoms with Crippen LogP contribution in [-0.4, -0.2) is 70.3 Å². The Kier molecular flexibility index (Phi) is 7.60. The molecule has 2 N–H and O–H groups in total. The average Bonchev–Trinajstić information content (AvgIpc) is 3.16. The highest BCUT2D eigenvalue weighted by Crippen LogP contribution is 2.35. The van der Waals surface area contributed by atoms with Gasteiger partial charge in [-0.25, -0.2) is 0 Å². The second kappa shape index (κ2) is 10.6. The molecule has 2 heterocycles. The molecule has 0 radical (unpaired) electrons. The van der Waals surface area contributed by atoms with Crippen LogP contribution in [0.25, 0.3) is 0 Å². The summed E-state index contributed by atoms with van der Waals surface area (Å²) in [6.45, 7) is 0.577. The molecule has 11 heteroatoms. The summed E-state index contributed by atoms with van der Waals surface area (Å²) in [7, 11) is 1.64. The third kappa shape index (κ3) is 5.13. The Balaban J connectivity index is 1.73. The number of hydrogen-bond donors (Lipinski definition) is 2. The number of aliphatic hydroxyl groups is 2. The minimum atomic E-state index is -1.24. The van der Waals surface area contributed by atoms with Gasteiger partial charge in [0, 0.05) is 23.6 Å². The lowest BCUT2D eigenvalue weighted by Gasteiger charge is -2.38. The zero-order valence-corrected chi connectivity index (χ0v) is 19.9. The van der Waals surface area contributed by atoms with Crippen LogP contribution in [0.2, 0.25) is 10.0 Å². The van der Waals surface area contributed by atoms with Gasteiger partial charge in [-0.15, -0.1) is 0 Å². The molecule has 1 atom stereocenters. The zero-order chi connectivity index (χ0) is 24.2. The third-order valence-corrected chi connectivity index (χ3v) is 5.80.